The zero-order valence-electron chi connectivity index (χ0n) is 22.1. The quantitative estimate of drug-likeness (QED) is 0.370. The molecular weight excluding hydrogens is 452 g/mol. The molecule has 0 N–H and O–H groups in total. The van der Waals surface area contributed by atoms with Crippen LogP contribution in [0.25, 0.3) is 0 Å². The largest absolute Gasteiger partial charge is 0.497 e. The van der Waals surface area contributed by atoms with E-state index in [1.165, 1.54) is 11.1 Å². The Morgan fingerprint density at radius 1 is 1.14 bits per heavy atom. The van der Waals surface area contributed by atoms with Gasteiger partial charge in [-0.1, -0.05) is 51.1 Å². The topological polar surface area (TPSA) is 59.8 Å². The molecule has 0 spiro atoms. The van der Waals surface area contributed by atoms with Gasteiger partial charge < -0.3 is 14.0 Å². The predicted octanol–water partition coefficient (Wildman–Crippen LogP) is 6.37. The number of fused-ring (bicyclic) bond motifs is 1. The Morgan fingerprint density at radius 3 is 2.61 bits per heavy atom. The molecule has 2 amide bonds. The molecule has 7 nitrogen and oxygen atoms in total. The smallest absolute Gasteiger partial charge is 0.334 e. The van der Waals surface area contributed by atoms with E-state index in [1.54, 1.807) is 24.0 Å². The average Bonchev–Trinajstić information content (AvgIpc) is 3.30. The lowest BCUT2D eigenvalue weighted by molar-refractivity contribution is 0.252. The number of hydrogen-bond acceptors (Lipinski definition) is 4. The maximum absolute atomic E-state index is 14.2. The van der Waals surface area contributed by atoms with E-state index in [1.807, 2.05) is 48.9 Å². The zero-order chi connectivity index (χ0) is 25.8. The number of allylic oxidation sites excluding steroid dienone is 1. The SMILES string of the molecule is COc1ccc(N(CCC(C)C)C(=O)N2C=CC(C)c3ncn(Cc4ccccc4C)c32)c(OC)c1. The van der Waals surface area contributed by atoms with Crippen molar-refractivity contribution in [3.05, 3.63) is 77.9 Å². The first-order chi connectivity index (χ1) is 17.3. The van der Waals surface area contributed by atoms with Gasteiger partial charge in [0.15, 0.2) is 0 Å². The summed E-state index contributed by atoms with van der Waals surface area (Å²) < 4.78 is 13.1. The third-order valence-corrected chi connectivity index (χ3v) is 6.67. The van der Waals surface area contributed by atoms with Gasteiger partial charge in [-0.05, 0) is 42.5 Å². The molecule has 0 saturated carbocycles. The fraction of sp³-hybridized carbons (Fsp3) is 0.379. The number of aromatic nitrogens is 2. The van der Waals surface area contributed by atoms with Crippen molar-refractivity contribution >= 4 is 17.5 Å². The number of benzene rings is 2. The molecule has 1 aromatic heterocycles. The highest BCUT2D eigenvalue weighted by molar-refractivity contribution is 6.06. The maximum Gasteiger partial charge on any atom is 0.334 e. The lowest BCUT2D eigenvalue weighted by atomic mass is 10.0. The first kappa shape index (κ1) is 25.4. The Kier molecular flexibility index (Phi) is 7.67. The van der Waals surface area contributed by atoms with Gasteiger partial charge in [0.2, 0.25) is 0 Å². The highest BCUT2D eigenvalue weighted by Crippen LogP contribution is 2.37. The van der Waals surface area contributed by atoms with Gasteiger partial charge >= 0.3 is 6.03 Å². The summed E-state index contributed by atoms with van der Waals surface area (Å²) >= 11 is 0. The molecular formula is C29H36N4O3. The van der Waals surface area contributed by atoms with Crippen LogP contribution in [0.5, 0.6) is 11.5 Å². The van der Waals surface area contributed by atoms with Gasteiger partial charge in [-0.25, -0.2) is 9.78 Å². The van der Waals surface area contributed by atoms with Crippen molar-refractivity contribution in [2.24, 2.45) is 5.92 Å². The number of carbonyl (C=O) groups excluding carboxylic acids is 1. The van der Waals surface area contributed by atoms with E-state index in [4.69, 9.17) is 14.5 Å². The van der Waals surface area contributed by atoms with Gasteiger partial charge in [0.1, 0.15) is 17.3 Å². The number of urea groups is 1. The molecule has 190 valence electrons. The summed E-state index contributed by atoms with van der Waals surface area (Å²) in [6, 6.07) is 13.7. The summed E-state index contributed by atoms with van der Waals surface area (Å²) in [6.07, 6.45) is 6.60. The molecule has 4 rings (SSSR count). The van der Waals surface area contributed by atoms with Gasteiger partial charge in [-0.2, -0.15) is 0 Å². The number of carbonyl (C=O) groups is 1. The van der Waals surface area contributed by atoms with E-state index in [-0.39, 0.29) is 11.9 Å². The van der Waals surface area contributed by atoms with Gasteiger partial charge in [0.05, 0.1) is 38.5 Å². The van der Waals surface area contributed by atoms with Crippen molar-refractivity contribution in [2.75, 3.05) is 30.6 Å². The van der Waals surface area contributed by atoms with Crippen molar-refractivity contribution in [3.8, 4) is 11.5 Å². The van der Waals surface area contributed by atoms with Crippen LogP contribution >= 0.6 is 0 Å². The fourth-order valence-corrected chi connectivity index (χ4v) is 4.44. The number of aryl methyl sites for hydroxylation is 1. The first-order valence-corrected chi connectivity index (χ1v) is 12.4. The molecule has 0 aliphatic carbocycles. The van der Waals surface area contributed by atoms with Gasteiger partial charge in [0.25, 0.3) is 0 Å². The summed E-state index contributed by atoms with van der Waals surface area (Å²) in [6.45, 7) is 9.72. The second-order valence-electron chi connectivity index (χ2n) is 9.66. The number of ether oxygens (including phenoxy) is 2. The molecule has 1 unspecified atom stereocenters. The molecule has 0 bridgehead atoms. The molecule has 1 aliphatic rings. The first-order valence-electron chi connectivity index (χ1n) is 12.4. The minimum Gasteiger partial charge on any atom is -0.497 e. The van der Waals surface area contributed by atoms with Crippen molar-refractivity contribution in [1.82, 2.24) is 9.55 Å². The summed E-state index contributed by atoms with van der Waals surface area (Å²) in [5, 5.41) is 0. The standard InChI is InChI=1S/C29H36N4O3/c1-20(2)13-15-32(25-12-11-24(35-5)17-26(25)36-6)29(34)33-16-14-22(4)27-28(33)31(19-30-27)18-23-10-8-7-9-21(23)3/h7-12,14,16-17,19-20,22H,13,15,18H2,1-6H3. The van der Waals surface area contributed by atoms with Crippen molar-refractivity contribution < 1.29 is 14.3 Å². The zero-order valence-corrected chi connectivity index (χ0v) is 22.1. The van der Waals surface area contributed by atoms with Crippen molar-refractivity contribution in [2.45, 2.75) is 46.6 Å². The summed E-state index contributed by atoms with van der Waals surface area (Å²) in [7, 11) is 3.23. The van der Waals surface area contributed by atoms with Crippen LogP contribution in [0, 0.1) is 12.8 Å². The Bertz CT molecular complexity index is 1250. The number of anilines is 2. The molecule has 2 heterocycles. The molecule has 36 heavy (non-hydrogen) atoms. The van der Waals surface area contributed by atoms with Crippen LogP contribution < -0.4 is 19.3 Å². The summed E-state index contributed by atoms with van der Waals surface area (Å²) in [4.78, 5) is 22.5. The molecule has 0 saturated heterocycles. The maximum atomic E-state index is 14.2. The summed E-state index contributed by atoms with van der Waals surface area (Å²) in [5.41, 5.74) is 4.01. The Labute approximate surface area is 214 Å². The number of amides is 2. The minimum absolute atomic E-state index is 0.113. The van der Waals surface area contributed by atoms with Crippen LogP contribution in [0.15, 0.2) is 61.1 Å². The van der Waals surface area contributed by atoms with Crippen molar-refractivity contribution in [3.63, 3.8) is 0 Å². The molecule has 1 aliphatic heterocycles. The van der Waals surface area contributed by atoms with Gasteiger partial charge in [0, 0.05) is 24.7 Å². The van der Waals surface area contributed by atoms with Crippen LogP contribution in [-0.4, -0.2) is 36.3 Å². The lowest BCUT2D eigenvalue weighted by Crippen LogP contribution is -2.44. The van der Waals surface area contributed by atoms with E-state index in [0.29, 0.717) is 36.2 Å². The molecule has 2 aromatic carbocycles. The lowest BCUT2D eigenvalue weighted by Gasteiger charge is -2.33. The third kappa shape index (κ3) is 5.10. The highest BCUT2D eigenvalue weighted by atomic mass is 16.5. The van der Waals surface area contributed by atoms with Gasteiger partial charge in [-0.15, -0.1) is 0 Å². The van der Waals surface area contributed by atoms with Crippen LogP contribution in [0.3, 0.4) is 0 Å². The fourth-order valence-electron chi connectivity index (χ4n) is 4.44. The summed E-state index contributed by atoms with van der Waals surface area (Å²) in [5.74, 6) is 2.62. The number of rotatable bonds is 8. The third-order valence-electron chi connectivity index (χ3n) is 6.67. The normalized spacial score (nSPS) is 14.6. The van der Waals surface area contributed by atoms with E-state index < -0.39 is 0 Å². The van der Waals surface area contributed by atoms with Crippen LogP contribution in [0.2, 0.25) is 0 Å². The van der Waals surface area contributed by atoms with Crippen LogP contribution in [-0.2, 0) is 6.54 Å². The van der Waals surface area contributed by atoms with Gasteiger partial charge in [-0.3, -0.25) is 9.80 Å². The van der Waals surface area contributed by atoms with E-state index in [2.05, 4.69) is 44.4 Å². The molecule has 0 fully saturated rings. The predicted molar refractivity (Wildman–Crippen MR) is 144 cm³/mol. The molecule has 7 heteroatoms. The number of hydrogen-bond donors (Lipinski definition) is 0. The molecule has 3 aromatic rings. The Balaban J connectivity index is 1.75. The second-order valence-corrected chi connectivity index (χ2v) is 9.66. The Morgan fingerprint density at radius 2 is 1.92 bits per heavy atom. The average molecular weight is 489 g/mol. The van der Waals surface area contributed by atoms with E-state index in [9.17, 15) is 4.79 Å². The van der Waals surface area contributed by atoms with E-state index in [0.717, 1.165) is 17.9 Å². The number of methoxy groups -OCH3 is 2. The monoisotopic (exact) mass is 488 g/mol. The number of nitrogens with zero attached hydrogens (tertiary/aromatic N) is 4. The highest BCUT2D eigenvalue weighted by Gasteiger charge is 2.32. The number of imidazole rings is 1. The van der Waals surface area contributed by atoms with E-state index >= 15 is 0 Å². The minimum atomic E-state index is -0.143. The van der Waals surface area contributed by atoms with Crippen LogP contribution in [0.1, 0.15) is 49.9 Å². The van der Waals surface area contributed by atoms with Crippen molar-refractivity contribution in [1.29, 1.82) is 0 Å². The second kappa shape index (κ2) is 10.9. The molecule has 1 atom stereocenters. The van der Waals surface area contributed by atoms with Crippen LogP contribution in [0.4, 0.5) is 16.3 Å². The Hall–Kier alpha value is -3.74. The molecule has 0 radical (unpaired) electrons.